The summed E-state index contributed by atoms with van der Waals surface area (Å²) in [7, 11) is 0. The summed E-state index contributed by atoms with van der Waals surface area (Å²) in [5.74, 6) is 0.654. The second-order valence-corrected chi connectivity index (χ2v) is 19.9. The van der Waals surface area contributed by atoms with E-state index in [0.717, 1.165) is 40.0 Å². The lowest BCUT2D eigenvalue weighted by molar-refractivity contribution is 0.648. The first-order valence-corrected chi connectivity index (χ1v) is 26.8. The maximum atomic E-state index is 5.35. The van der Waals surface area contributed by atoms with Crippen molar-refractivity contribution in [3.05, 3.63) is 285 Å². The van der Waals surface area contributed by atoms with E-state index in [4.69, 9.17) is 15.7 Å². The highest BCUT2D eigenvalue weighted by Crippen LogP contribution is 2.40. The Morgan fingerprint density at radius 1 is 0.487 bits per heavy atom. The Labute approximate surface area is 455 Å². The van der Waals surface area contributed by atoms with Crippen LogP contribution in [0.3, 0.4) is 0 Å². The Hall–Kier alpha value is -9.68. The summed E-state index contributed by atoms with van der Waals surface area (Å²) in [6.45, 7) is 8.19. The van der Waals surface area contributed by atoms with Crippen molar-refractivity contribution in [2.45, 2.75) is 32.9 Å². The molecular weight excluding hydrogens is 947 g/mol. The van der Waals surface area contributed by atoms with Crippen molar-refractivity contribution in [1.29, 1.82) is 0 Å². The average Bonchev–Trinajstić information content (AvgIpc) is 4.25. The van der Waals surface area contributed by atoms with Gasteiger partial charge in [-0.3, -0.25) is 4.57 Å². The van der Waals surface area contributed by atoms with Crippen LogP contribution < -0.4 is 5.73 Å². The molecule has 0 saturated carbocycles. The van der Waals surface area contributed by atoms with Gasteiger partial charge in [0.15, 0.2) is 0 Å². The Bertz CT molecular complexity index is 4440. The molecule has 0 radical (unpaired) electrons. The Morgan fingerprint density at radius 2 is 1.03 bits per heavy atom. The lowest BCUT2D eigenvalue weighted by Gasteiger charge is -2.18. The van der Waals surface area contributed by atoms with E-state index in [2.05, 4.69) is 235 Å². The van der Waals surface area contributed by atoms with Crippen LogP contribution in [0.15, 0.2) is 274 Å². The fourth-order valence-electron chi connectivity index (χ4n) is 11.1. The van der Waals surface area contributed by atoms with Crippen molar-refractivity contribution in [2.75, 3.05) is 0 Å². The van der Waals surface area contributed by atoms with Crippen LogP contribution in [-0.2, 0) is 6.54 Å². The van der Waals surface area contributed by atoms with Crippen LogP contribution in [0.1, 0.15) is 30.5 Å². The smallest absolute Gasteiger partial charge is 0.235 e. The summed E-state index contributed by atoms with van der Waals surface area (Å²) in [4.78, 5) is 10.5. The molecule has 14 rings (SSSR count). The molecule has 0 saturated heterocycles. The first-order chi connectivity index (χ1) is 38.5. The summed E-state index contributed by atoms with van der Waals surface area (Å²) in [5, 5.41) is 9.91. The lowest BCUT2D eigenvalue weighted by atomic mass is 9.94. The predicted molar refractivity (Wildman–Crippen MR) is 332 cm³/mol. The van der Waals surface area contributed by atoms with Crippen molar-refractivity contribution in [3.8, 4) is 50.7 Å². The molecule has 1 aliphatic carbocycles. The standard InChI is InChI=1S/C61H42N4.C7H9N.C5H8/c1-39-13-12-16-47(33-39)56-38-55(40-14-4-2-5-15-40)62-61(63-56)65-58-22-11-9-20-52(58)54-37-44(28-32-60(54)65)42-26-30-50-46(35-42)24-23-45-34-41(25-29-49(45)50)43-27-31-59-53(36-43)51-19-8-10-21-57(51)64(59)48-17-6-3-7-18-48;8-6-7-4-2-1-3-5-7;1-3-5-4-2/h2-17,19-38,48H,18H2,1H3;1-5H,6,8H2;3-5H,1H2,2H3/b;;5-4-. The molecule has 3 heterocycles. The van der Waals surface area contributed by atoms with E-state index in [0.29, 0.717) is 18.5 Å². The Balaban J connectivity index is 0.000000417. The summed E-state index contributed by atoms with van der Waals surface area (Å²) in [6.07, 6.45) is 15.5. The number of fused-ring (bicyclic) bond motifs is 9. The monoisotopic (exact) mass is 1010 g/mol. The van der Waals surface area contributed by atoms with E-state index >= 15 is 0 Å². The van der Waals surface area contributed by atoms with Crippen molar-refractivity contribution in [3.63, 3.8) is 0 Å². The van der Waals surface area contributed by atoms with Gasteiger partial charge in [0.05, 0.1) is 28.5 Å². The van der Waals surface area contributed by atoms with Gasteiger partial charge in [-0.25, -0.2) is 9.97 Å². The number of nitrogens with zero attached hydrogens (tertiary/aromatic N) is 4. The van der Waals surface area contributed by atoms with E-state index in [1.165, 1.54) is 87.5 Å². The van der Waals surface area contributed by atoms with E-state index in [1.807, 2.05) is 55.5 Å². The predicted octanol–water partition coefficient (Wildman–Crippen LogP) is 18.9. The van der Waals surface area contributed by atoms with E-state index in [9.17, 15) is 0 Å². The molecule has 376 valence electrons. The quantitative estimate of drug-likeness (QED) is 0.122. The minimum Gasteiger partial charge on any atom is -0.333 e. The van der Waals surface area contributed by atoms with Crippen LogP contribution in [-0.4, -0.2) is 19.1 Å². The maximum Gasteiger partial charge on any atom is 0.235 e. The molecular formula is C73H59N5. The maximum absolute atomic E-state index is 5.35. The molecule has 5 heteroatoms. The number of para-hydroxylation sites is 2. The normalized spacial score (nSPS) is 13.1. The summed E-state index contributed by atoms with van der Waals surface area (Å²) in [5.41, 5.74) is 21.2. The summed E-state index contributed by atoms with van der Waals surface area (Å²) >= 11 is 0. The van der Waals surface area contributed by atoms with Crippen LogP contribution in [0, 0.1) is 6.92 Å². The molecule has 78 heavy (non-hydrogen) atoms. The molecule has 2 N–H and O–H groups in total. The topological polar surface area (TPSA) is 61.7 Å². The van der Waals surface area contributed by atoms with Gasteiger partial charge in [-0.2, -0.15) is 0 Å². The SMILES string of the molecule is C=C/C=C\C.Cc1cccc(-c2cc(-c3ccccc3)nc(-n3c4ccccc4c4cc(-c5ccc6c(ccc7cc(-c8ccc9c(c8)c8ccccc8n9C8C=CC=CC8)ccc76)c5)ccc43)n2)c1.NCc1ccccc1. The molecule has 0 fully saturated rings. The highest BCUT2D eigenvalue weighted by molar-refractivity contribution is 6.13. The zero-order valence-electron chi connectivity index (χ0n) is 44.0. The van der Waals surface area contributed by atoms with Crippen LogP contribution in [0.5, 0.6) is 0 Å². The van der Waals surface area contributed by atoms with Gasteiger partial charge in [0, 0.05) is 50.2 Å². The number of nitrogens with two attached hydrogens (primary N) is 1. The molecule has 1 unspecified atom stereocenters. The third-order valence-electron chi connectivity index (χ3n) is 14.9. The van der Waals surface area contributed by atoms with E-state index in [1.54, 1.807) is 6.08 Å². The molecule has 0 aliphatic heterocycles. The van der Waals surface area contributed by atoms with E-state index in [-0.39, 0.29) is 0 Å². The zero-order chi connectivity index (χ0) is 53.0. The minimum absolute atomic E-state index is 0.315. The van der Waals surface area contributed by atoms with Gasteiger partial charge in [-0.05, 0) is 130 Å². The van der Waals surface area contributed by atoms with Crippen LogP contribution in [0.25, 0.3) is 116 Å². The number of allylic oxidation sites excluding steroid dienone is 7. The number of aryl methyl sites for hydroxylation is 1. The summed E-state index contributed by atoms with van der Waals surface area (Å²) < 4.78 is 4.74. The second kappa shape index (κ2) is 21.9. The van der Waals surface area contributed by atoms with Crippen molar-refractivity contribution >= 4 is 65.2 Å². The molecule has 5 nitrogen and oxygen atoms in total. The number of benzene rings is 10. The van der Waals surface area contributed by atoms with Gasteiger partial charge in [0.25, 0.3) is 0 Å². The highest BCUT2D eigenvalue weighted by Gasteiger charge is 2.20. The molecule has 0 spiro atoms. The lowest BCUT2D eigenvalue weighted by Crippen LogP contribution is -2.06. The van der Waals surface area contributed by atoms with Crippen LogP contribution in [0.4, 0.5) is 0 Å². The fraction of sp³-hybridized carbons (Fsp3) is 0.0685. The third-order valence-corrected chi connectivity index (χ3v) is 14.9. The second-order valence-electron chi connectivity index (χ2n) is 19.9. The first-order valence-electron chi connectivity index (χ1n) is 26.8. The van der Waals surface area contributed by atoms with Crippen molar-refractivity contribution in [2.24, 2.45) is 5.73 Å². The Morgan fingerprint density at radius 3 is 1.63 bits per heavy atom. The van der Waals surface area contributed by atoms with Gasteiger partial charge in [-0.1, -0.05) is 218 Å². The van der Waals surface area contributed by atoms with Gasteiger partial charge in [-0.15, -0.1) is 0 Å². The fourth-order valence-corrected chi connectivity index (χ4v) is 11.1. The molecule has 1 aliphatic rings. The molecule has 0 bridgehead atoms. The average molecular weight is 1010 g/mol. The van der Waals surface area contributed by atoms with Crippen molar-refractivity contribution < 1.29 is 0 Å². The third kappa shape index (κ3) is 9.64. The van der Waals surface area contributed by atoms with Crippen LogP contribution in [0.2, 0.25) is 0 Å². The minimum atomic E-state index is 0.315. The molecule has 3 aromatic heterocycles. The molecule has 1 atom stereocenters. The summed E-state index contributed by atoms with van der Waals surface area (Å²) in [6, 6.07) is 81.0. The Kier molecular flexibility index (Phi) is 13.8. The number of aromatic nitrogens is 4. The first kappa shape index (κ1) is 49.2. The number of hydrogen-bond donors (Lipinski definition) is 1. The number of hydrogen-bond acceptors (Lipinski definition) is 3. The molecule has 0 amide bonds. The largest absolute Gasteiger partial charge is 0.333 e. The van der Waals surface area contributed by atoms with E-state index < -0.39 is 0 Å². The van der Waals surface area contributed by atoms with Gasteiger partial charge >= 0.3 is 0 Å². The molecule has 13 aromatic rings. The number of rotatable bonds is 8. The van der Waals surface area contributed by atoms with Crippen LogP contribution >= 0.6 is 0 Å². The van der Waals surface area contributed by atoms with Gasteiger partial charge in [0.1, 0.15) is 0 Å². The van der Waals surface area contributed by atoms with Gasteiger partial charge < -0.3 is 10.3 Å². The molecule has 10 aromatic carbocycles. The van der Waals surface area contributed by atoms with Crippen molar-refractivity contribution in [1.82, 2.24) is 19.1 Å². The zero-order valence-corrected chi connectivity index (χ0v) is 44.0. The van der Waals surface area contributed by atoms with Gasteiger partial charge in [0.2, 0.25) is 5.95 Å². The highest BCUT2D eigenvalue weighted by atomic mass is 15.2.